The number of phosphoric ester groups is 1. The van der Waals surface area contributed by atoms with Crippen molar-refractivity contribution >= 4 is 19.8 Å². The van der Waals surface area contributed by atoms with Crippen LogP contribution in [0.25, 0.3) is 0 Å². The smallest absolute Gasteiger partial charge is 0.462 e. The van der Waals surface area contributed by atoms with E-state index in [1.165, 1.54) is 6.08 Å². The Morgan fingerprint density at radius 3 is 1.84 bits per heavy atom. The first-order valence-electron chi connectivity index (χ1n) is 19.9. The lowest BCUT2D eigenvalue weighted by Crippen LogP contribution is -2.29. The molecule has 0 aromatic carbocycles. The molecule has 0 bridgehead atoms. The first-order valence-corrected chi connectivity index (χ1v) is 21.4. The Labute approximate surface area is 330 Å². The van der Waals surface area contributed by atoms with E-state index in [0.29, 0.717) is 6.42 Å². The third kappa shape index (κ3) is 37.5. The second-order valence-electron chi connectivity index (χ2n) is 13.1. The zero-order valence-corrected chi connectivity index (χ0v) is 34.0. The van der Waals surface area contributed by atoms with Gasteiger partial charge in [-0.05, 0) is 64.2 Å². The summed E-state index contributed by atoms with van der Waals surface area (Å²) in [7, 11) is -4.85. The van der Waals surface area contributed by atoms with Gasteiger partial charge in [0.15, 0.2) is 6.10 Å². The molecule has 0 aliphatic carbocycles. The first kappa shape index (κ1) is 51.9. The summed E-state index contributed by atoms with van der Waals surface area (Å²) in [5.41, 5.74) is 0. The summed E-state index contributed by atoms with van der Waals surface area (Å²) < 4.78 is 26.1. The van der Waals surface area contributed by atoms with Gasteiger partial charge in [0.2, 0.25) is 0 Å². The fraction of sp³-hybridized carbons (Fsp3) is 0.581. The number of carbonyl (C=O) groups is 2. The summed E-state index contributed by atoms with van der Waals surface area (Å²) in [5, 5.41) is 30.3. The lowest BCUT2D eigenvalue weighted by atomic mass is 10.1. The van der Waals surface area contributed by atoms with Gasteiger partial charge in [0.05, 0.1) is 24.9 Å². The average Bonchev–Trinajstić information content (AvgIpc) is 3.14. The fourth-order valence-corrected chi connectivity index (χ4v) is 5.22. The predicted molar refractivity (Wildman–Crippen MR) is 220 cm³/mol. The highest BCUT2D eigenvalue weighted by atomic mass is 31.2. The molecule has 0 saturated heterocycles. The van der Waals surface area contributed by atoms with Gasteiger partial charge in [0.25, 0.3) is 0 Å². The summed E-state index contributed by atoms with van der Waals surface area (Å²) >= 11 is 0. The summed E-state index contributed by atoms with van der Waals surface area (Å²) in [6, 6.07) is 0. The molecule has 12 heteroatoms. The zero-order valence-electron chi connectivity index (χ0n) is 33.1. The van der Waals surface area contributed by atoms with Gasteiger partial charge >= 0.3 is 19.8 Å². The van der Waals surface area contributed by atoms with Crippen LogP contribution in [0.2, 0.25) is 0 Å². The van der Waals surface area contributed by atoms with Gasteiger partial charge in [-0.1, -0.05) is 143 Å². The Hall–Kier alpha value is -3.15. The molecule has 55 heavy (non-hydrogen) atoms. The largest absolute Gasteiger partial charge is 0.469 e. The van der Waals surface area contributed by atoms with Crippen molar-refractivity contribution in [3.05, 3.63) is 97.2 Å². The van der Waals surface area contributed by atoms with Gasteiger partial charge in [-0.2, -0.15) is 0 Å². The molecule has 11 nitrogen and oxygen atoms in total. The molecular weight excluding hydrogens is 723 g/mol. The van der Waals surface area contributed by atoms with Crippen molar-refractivity contribution < 1.29 is 53.3 Å². The molecule has 0 amide bonds. The van der Waals surface area contributed by atoms with Crippen molar-refractivity contribution in [1.29, 1.82) is 0 Å². The van der Waals surface area contributed by atoms with Crippen LogP contribution in [-0.4, -0.2) is 74.7 Å². The normalized spacial score (nSPS) is 15.3. The Morgan fingerprint density at radius 1 is 0.618 bits per heavy atom. The van der Waals surface area contributed by atoms with E-state index in [9.17, 15) is 29.5 Å². The molecule has 0 heterocycles. The highest BCUT2D eigenvalue weighted by Crippen LogP contribution is 2.36. The van der Waals surface area contributed by atoms with Crippen LogP contribution in [-0.2, 0) is 28.2 Å². The molecule has 0 spiro atoms. The molecule has 0 unspecified atom stereocenters. The molecule has 0 saturated carbocycles. The second-order valence-corrected chi connectivity index (χ2v) is 14.3. The van der Waals surface area contributed by atoms with E-state index >= 15 is 0 Å². The molecule has 5 N–H and O–H groups in total. The van der Waals surface area contributed by atoms with Crippen molar-refractivity contribution in [3.63, 3.8) is 0 Å². The highest BCUT2D eigenvalue weighted by Gasteiger charge is 2.23. The molecular formula is C43H69O11P. The predicted octanol–water partition coefficient (Wildman–Crippen LogP) is 8.75. The maximum atomic E-state index is 12.4. The highest BCUT2D eigenvalue weighted by molar-refractivity contribution is 7.46. The number of rotatable bonds is 34. The number of ether oxygens (including phenoxy) is 2. The van der Waals surface area contributed by atoms with E-state index in [-0.39, 0.29) is 25.7 Å². The minimum Gasteiger partial charge on any atom is -0.462 e. The van der Waals surface area contributed by atoms with Crippen molar-refractivity contribution in [2.75, 3.05) is 13.2 Å². The monoisotopic (exact) mass is 792 g/mol. The van der Waals surface area contributed by atoms with Crippen LogP contribution in [0.15, 0.2) is 97.2 Å². The maximum absolute atomic E-state index is 12.4. The molecule has 0 aliphatic rings. The van der Waals surface area contributed by atoms with Crippen molar-refractivity contribution in [2.24, 2.45) is 0 Å². The van der Waals surface area contributed by atoms with Gasteiger partial charge in [-0.3, -0.25) is 14.1 Å². The Kier molecular flexibility index (Phi) is 34.4. The Morgan fingerprint density at radius 2 is 1.20 bits per heavy atom. The van der Waals surface area contributed by atoms with Crippen LogP contribution >= 0.6 is 7.82 Å². The van der Waals surface area contributed by atoms with Crippen LogP contribution in [0.1, 0.15) is 123 Å². The Bertz CT molecular complexity index is 1260. The van der Waals surface area contributed by atoms with Crippen LogP contribution < -0.4 is 0 Å². The van der Waals surface area contributed by atoms with Crippen LogP contribution in [0.5, 0.6) is 0 Å². The number of aliphatic hydroxyl groups is 3. The van der Waals surface area contributed by atoms with Crippen molar-refractivity contribution in [1.82, 2.24) is 0 Å². The summed E-state index contributed by atoms with van der Waals surface area (Å²) in [5.74, 6) is -1.25. The molecule has 0 fully saturated rings. The SMILES string of the molecule is CC/C=C\C/C=C\C/C=C\C/C=C\CCCCCCC(=O)O[C@H](COC(=O)CCC[C@@H](O)[C@H](O)/C=C/C=C/C=C\C=C\[C@H](O)CCCCC)COP(=O)(O)O. The standard InChI is InChI=1S/C43H69O11P/c1-3-5-7-8-9-10-11-12-13-14-15-16-17-18-19-24-28-34-43(48)54-39(37-53-55(49,50)51)36-52-42(47)35-29-33-41(46)40(45)32-27-23-21-20-22-26-31-38(44)30-25-6-4-2/h5,7,9-10,12-13,15-16,20-23,26-27,31-32,38-41,44-46H,3-4,6,8,11,14,17-19,24-25,28-30,33-37H2,1-2H3,(H2,49,50,51)/b7-5-,10-9-,13-12-,16-15-,22-20-,23-21+,31-26+,32-27+/t38-,39-,40-,41-/m1/s1. The average molecular weight is 793 g/mol. The number of hydrogen-bond acceptors (Lipinski definition) is 9. The van der Waals surface area contributed by atoms with Crippen molar-refractivity contribution in [3.8, 4) is 0 Å². The quantitative estimate of drug-likeness (QED) is 0.0138. The number of hydrogen-bond donors (Lipinski definition) is 5. The van der Waals surface area contributed by atoms with Gasteiger partial charge in [-0.15, -0.1) is 0 Å². The van der Waals surface area contributed by atoms with Crippen LogP contribution in [0.4, 0.5) is 0 Å². The van der Waals surface area contributed by atoms with E-state index in [1.807, 2.05) is 0 Å². The lowest BCUT2D eigenvalue weighted by molar-refractivity contribution is -0.161. The minimum atomic E-state index is -4.85. The minimum absolute atomic E-state index is 0.0973. The number of carbonyl (C=O) groups excluding carboxylic acids is 2. The maximum Gasteiger partial charge on any atom is 0.469 e. The van der Waals surface area contributed by atoms with Crippen LogP contribution in [0.3, 0.4) is 0 Å². The van der Waals surface area contributed by atoms with Crippen molar-refractivity contribution in [2.45, 2.75) is 147 Å². The summed E-state index contributed by atoms with van der Waals surface area (Å²) in [6.07, 6.45) is 39.2. The molecule has 0 aromatic heterocycles. The second kappa shape index (κ2) is 36.5. The summed E-state index contributed by atoms with van der Waals surface area (Å²) in [4.78, 5) is 42.8. The topological polar surface area (TPSA) is 180 Å². The number of phosphoric acid groups is 1. The summed E-state index contributed by atoms with van der Waals surface area (Å²) in [6.45, 7) is 3.13. The van der Waals surface area contributed by atoms with Gasteiger partial charge in [-0.25, -0.2) is 4.57 Å². The van der Waals surface area contributed by atoms with E-state index in [4.69, 9.17) is 19.3 Å². The number of allylic oxidation sites excluding steroid dienone is 14. The van der Waals surface area contributed by atoms with Gasteiger partial charge in [0, 0.05) is 12.8 Å². The van der Waals surface area contributed by atoms with Gasteiger partial charge < -0.3 is 34.6 Å². The number of aliphatic hydroxyl groups excluding tert-OH is 3. The van der Waals surface area contributed by atoms with E-state index in [2.05, 4.69) is 67.0 Å². The molecule has 0 radical (unpaired) electrons. The molecule has 0 rings (SSSR count). The molecule has 4 atom stereocenters. The molecule has 0 aromatic rings. The van der Waals surface area contributed by atoms with Crippen LogP contribution in [0, 0.1) is 0 Å². The fourth-order valence-electron chi connectivity index (χ4n) is 4.86. The van der Waals surface area contributed by atoms with E-state index in [1.54, 1.807) is 42.5 Å². The Balaban J connectivity index is 4.35. The third-order valence-electron chi connectivity index (χ3n) is 7.95. The number of esters is 2. The first-order chi connectivity index (χ1) is 26.5. The molecule has 0 aliphatic heterocycles. The van der Waals surface area contributed by atoms with E-state index < -0.39 is 57.4 Å². The lowest BCUT2D eigenvalue weighted by Gasteiger charge is -2.18. The van der Waals surface area contributed by atoms with E-state index in [0.717, 1.165) is 77.0 Å². The number of unbranched alkanes of at least 4 members (excludes halogenated alkanes) is 6. The third-order valence-corrected chi connectivity index (χ3v) is 8.44. The zero-order chi connectivity index (χ0) is 40.8. The van der Waals surface area contributed by atoms with Gasteiger partial charge in [0.1, 0.15) is 6.61 Å². The molecule has 312 valence electrons.